The van der Waals surface area contributed by atoms with Crippen molar-refractivity contribution in [1.82, 2.24) is 0 Å². The quantitative estimate of drug-likeness (QED) is 0.696. The summed E-state index contributed by atoms with van der Waals surface area (Å²) in [6.07, 6.45) is 0.840. The van der Waals surface area contributed by atoms with Gasteiger partial charge < -0.3 is 9.84 Å². The lowest BCUT2D eigenvalue weighted by Gasteiger charge is -2.34. The average Bonchev–Trinajstić information content (AvgIpc) is 3.13. The summed E-state index contributed by atoms with van der Waals surface area (Å²) in [4.78, 5) is 4.85. The van der Waals surface area contributed by atoms with E-state index in [-0.39, 0.29) is 12.1 Å². The molecule has 0 amide bonds. The fourth-order valence-corrected chi connectivity index (χ4v) is 3.95. The lowest BCUT2D eigenvalue weighted by Crippen LogP contribution is -2.49. The van der Waals surface area contributed by atoms with Crippen LogP contribution in [0.4, 0.5) is 0 Å². The predicted molar refractivity (Wildman–Crippen MR) is 113 cm³/mol. The first-order valence-corrected chi connectivity index (χ1v) is 9.74. The maximum Gasteiger partial charge on any atom is 0.216 e. The van der Waals surface area contributed by atoms with Crippen LogP contribution in [-0.2, 0) is 17.6 Å². The minimum absolute atomic E-state index is 0.201. The molecule has 0 radical (unpaired) electrons. The lowest BCUT2D eigenvalue weighted by atomic mass is 9.80. The first kappa shape index (κ1) is 18.5. The van der Waals surface area contributed by atoms with Crippen molar-refractivity contribution >= 4 is 5.90 Å². The van der Waals surface area contributed by atoms with E-state index < -0.39 is 5.60 Å². The van der Waals surface area contributed by atoms with Crippen LogP contribution in [-0.4, -0.2) is 28.8 Å². The number of hydrogen-bond acceptors (Lipinski definition) is 3. The monoisotopic (exact) mass is 371 g/mol. The lowest BCUT2D eigenvalue weighted by molar-refractivity contribution is -0.0102. The smallest absolute Gasteiger partial charge is 0.216 e. The van der Waals surface area contributed by atoms with E-state index in [4.69, 9.17) is 9.73 Å². The van der Waals surface area contributed by atoms with Gasteiger partial charge in [0, 0.05) is 18.4 Å². The Kier molecular flexibility index (Phi) is 5.27. The topological polar surface area (TPSA) is 41.8 Å². The van der Waals surface area contributed by atoms with Gasteiger partial charge in [0.15, 0.2) is 0 Å². The molecule has 28 heavy (non-hydrogen) atoms. The third-order valence-corrected chi connectivity index (χ3v) is 5.28. The van der Waals surface area contributed by atoms with Gasteiger partial charge in [-0.05, 0) is 30.2 Å². The molecule has 4 rings (SSSR count). The van der Waals surface area contributed by atoms with Crippen molar-refractivity contribution in [3.63, 3.8) is 0 Å². The van der Waals surface area contributed by atoms with Crippen LogP contribution < -0.4 is 0 Å². The molecule has 2 atom stereocenters. The van der Waals surface area contributed by atoms with Gasteiger partial charge in [-0.3, -0.25) is 0 Å². The Bertz CT molecular complexity index is 881. The van der Waals surface area contributed by atoms with Crippen molar-refractivity contribution in [3.8, 4) is 0 Å². The molecule has 3 nitrogen and oxygen atoms in total. The Hall–Kier alpha value is -2.91. The highest BCUT2D eigenvalue weighted by Crippen LogP contribution is 2.32. The van der Waals surface area contributed by atoms with E-state index in [1.807, 2.05) is 73.7 Å². The SMILES string of the molecule is C[C@H]1OC(c2ccccc2)=N[C@H]1C(O)(Cc1ccccc1)Cc1ccccc1. The number of aliphatic imine (C=N–C) groups is 1. The van der Waals surface area contributed by atoms with Crippen molar-refractivity contribution in [3.05, 3.63) is 108 Å². The highest BCUT2D eigenvalue weighted by Gasteiger charge is 2.45. The standard InChI is InChI=1S/C25H25NO2/c1-19-23(26-24(28-19)22-15-9-4-10-16-22)25(27,17-20-11-5-2-6-12-20)18-21-13-7-3-8-14-21/h2-16,19,23,27H,17-18H2,1H3/t19-,23-/m1/s1. The molecule has 1 heterocycles. The first-order chi connectivity index (χ1) is 13.6. The Balaban J connectivity index is 1.69. The summed E-state index contributed by atoms with van der Waals surface area (Å²) in [5.41, 5.74) is 2.09. The number of ether oxygens (including phenoxy) is 1. The molecule has 0 spiro atoms. The van der Waals surface area contributed by atoms with Crippen LogP contribution in [0.5, 0.6) is 0 Å². The summed E-state index contributed by atoms with van der Waals surface area (Å²) < 4.78 is 6.07. The summed E-state index contributed by atoms with van der Waals surface area (Å²) >= 11 is 0. The molecule has 3 aromatic carbocycles. The normalized spacial score (nSPS) is 19.1. The zero-order valence-corrected chi connectivity index (χ0v) is 16.0. The Labute approximate surface area is 166 Å². The molecule has 0 aliphatic carbocycles. The van der Waals surface area contributed by atoms with Crippen LogP contribution in [0.25, 0.3) is 0 Å². The van der Waals surface area contributed by atoms with Gasteiger partial charge in [-0.25, -0.2) is 4.99 Å². The maximum atomic E-state index is 11.9. The molecule has 3 heteroatoms. The number of benzene rings is 3. The maximum absolute atomic E-state index is 11.9. The minimum atomic E-state index is -1.04. The number of aliphatic hydroxyl groups is 1. The summed E-state index contributed by atoms with van der Waals surface area (Å²) in [7, 11) is 0. The average molecular weight is 371 g/mol. The number of nitrogens with zero attached hydrogens (tertiary/aromatic N) is 1. The third-order valence-electron chi connectivity index (χ3n) is 5.28. The van der Waals surface area contributed by atoms with Crippen LogP contribution in [0.15, 0.2) is 96.0 Å². The van der Waals surface area contributed by atoms with Crippen molar-refractivity contribution in [2.45, 2.75) is 37.5 Å². The van der Waals surface area contributed by atoms with E-state index in [0.717, 1.165) is 16.7 Å². The van der Waals surface area contributed by atoms with Crippen LogP contribution in [0.3, 0.4) is 0 Å². The van der Waals surface area contributed by atoms with Gasteiger partial charge in [-0.2, -0.15) is 0 Å². The van der Waals surface area contributed by atoms with Gasteiger partial charge in [-0.1, -0.05) is 78.9 Å². The van der Waals surface area contributed by atoms with Gasteiger partial charge in [0.05, 0.1) is 5.60 Å². The summed E-state index contributed by atoms with van der Waals surface area (Å²) in [5, 5.41) is 11.9. The highest BCUT2D eigenvalue weighted by atomic mass is 16.5. The highest BCUT2D eigenvalue weighted by molar-refractivity contribution is 5.95. The first-order valence-electron chi connectivity index (χ1n) is 9.74. The van der Waals surface area contributed by atoms with Gasteiger partial charge in [0.2, 0.25) is 5.90 Å². The molecule has 0 fully saturated rings. The molecule has 1 aliphatic rings. The van der Waals surface area contributed by atoms with Crippen molar-refractivity contribution in [2.24, 2.45) is 4.99 Å². The fourth-order valence-electron chi connectivity index (χ4n) is 3.95. The second-order valence-electron chi connectivity index (χ2n) is 7.50. The van der Waals surface area contributed by atoms with E-state index >= 15 is 0 Å². The molecule has 0 bridgehead atoms. The van der Waals surface area contributed by atoms with E-state index in [1.54, 1.807) is 0 Å². The van der Waals surface area contributed by atoms with Crippen molar-refractivity contribution in [1.29, 1.82) is 0 Å². The zero-order valence-electron chi connectivity index (χ0n) is 16.0. The molecule has 0 aromatic heterocycles. The van der Waals surface area contributed by atoms with Crippen LogP contribution in [0.2, 0.25) is 0 Å². The molecule has 3 aromatic rings. The third kappa shape index (κ3) is 4.00. The number of hydrogen-bond donors (Lipinski definition) is 1. The molecule has 0 unspecified atom stereocenters. The van der Waals surface area contributed by atoms with E-state index in [9.17, 15) is 5.11 Å². The fraction of sp³-hybridized carbons (Fsp3) is 0.240. The Morgan fingerprint density at radius 3 is 1.75 bits per heavy atom. The van der Waals surface area contributed by atoms with Gasteiger partial charge >= 0.3 is 0 Å². The molecular formula is C25H25NO2. The Morgan fingerprint density at radius 2 is 1.25 bits per heavy atom. The second-order valence-corrected chi connectivity index (χ2v) is 7.50. The van der Waals surface area contributed by atoms with Crippen LogP contribution in [0.1, 0.15) is 23.6 Å². The molecule has 1 N–H and O–H groups in total. The van der Waals surface area contributed by atoms with Crippen LogP contribution >= 0.6 is 0 Å². The predicted octanol–water partition coefficient (Wildman–Crippen LogP) is 4.44. The summed E-state index contributed by atoms with van der Waals surface area (Å²) in [6, 6.07) is 29.8. The largest absolute Gasteiger partial charge is 0.472 e. The zero-order chi connectivity index (χ0) is 19.4. The Morgan fingerprint density at radius 1 is 0.786 bits per heavy atom. The second kappa shape index (κ2) is 7.99. The van der Waals surface area contributed by atoms with Gasteiger partial charge in [0.25, 0.3) is 0 Å². The van der Waals surface area contributed by atoms with Gasteiger partial charge in [-0.15, -0.1) is 0 Å². The molecule has 0 saturated heterocycles. The van der Waals surface area contributed by atoms with E-state index in [0.29, 0.717) is 18.7 Å². The molecule has 142 valence electrons. The summed E-state index contributed by atoms with van der Waals surface area (Å²) in [6.45, 7) is 1.99. The summed E-state index contributed by atoms with van der Waals surface area (Å²) in [5.74, 6) is 0.609. The molecule has 1 aliphatic heterocycles. The van der Waals surface area contributed by atoms with Crippen molar-refractivity contribution < 1.29 is 9.84 Å². The van der Waals surface area contributed by atoms with E-state index in [1.165, 1.54) is 0 Å². The molecular weight excluding hydrogens is 346 g/mol. The number of rotatable bonds is 6. The van der Waals surface area contributed by atoms with Crippen LogP contribution in [0, 0.1) is 0 Å². The minimum Gasteiger partial charge on any atom is -0.472 e. The van der Waals surface area contributed by atoms with Crippen molar-refractivity contribution in [2.75, 3.05) is 0 Å². The van der Waals surface area contributed by atoms with E-state index in [2.05, 4.69) is 24.3 Å². The molecule has 0 saturated carbocycles. The van der Waals surface area contributed by atoms with Gasteiger partial charge in [0.1, 0.15) is 12.1 Å².